The summed E-state index contributed by atoms with van der Waals surface area (Å²) in [5.74, 6) is 0.999. The molecule has 3 rings (SSSR count). The Labute approximate surface area is 198 Å². The number of halogens is 1. The van der Waals surface area contributed by atoms with Gasteiger partial charge >= 0.3 is 11.6 Å². The number of aliphatic hydroxyl groups excluding tert-OH is 1. The molecule has 1 N–H and O–H groups in total. The van der Waals surface area contributed by atoms with Crippen molar-refractivity contribution in [1.29, 1.82) is 0 Å². The number of hydrogen-bond donors (Lipinski definition) is 1. The summed E-state index contributed by atoms with van der Waals surface area (Å²) in [6.45, 7) is 3.66. The lowest BCUT2D eigenvalue weighted by molar-refractivity contribution is 0.139. The van der Waals surface area contributed by atoms with E-state index in [9.17, 15) is 14.0 Å². The first-order valence-electron chi connectivity index (χ1n) is 11.2. The SMILES string of the molecule is Cc1c(N=C(C(C)Cc2ccccc2)[O+](C)c2ccc(F)cc2)n(C)c(=O)n(CCCO)c1=O. The number of aliphatic hydroxyl groups is 1. The Morgan fingerprint density at radius 1 is 1.12 bits per heavy atom. The first-order chi connectivity index (χ1) is 16.2. The Kier molecular flexibility index (Phi) is 8.17. The molecule has 0 saturated heterocycles. The third kappa shape index (κ3) is 5.51. The van der Waals surface area contributed by atoms with Crippen molar-refractivity contribution in [3.05, 3.63) is 92.4 Å². The van der Waals surface area contributed by atoms with Gasteiger partial charge < -0.3 is 9.47 Å². The summed E-state index contributed by atoms with van der Waals surface area (Å²) in [7, 11) is 3.33. The molecule has 1 aromatic heterocycles. The molecule has 0 amide bonds. The van der Waals surface area contributed by atoms with E-state index in [1.165, 1.54) is 16.7 Å². The molecule has 0 aliphatic carbocycles. The topological polar surface area (TPSA) is 79.3 Å². The van der Waals surface area contributed by atoms with Crippen molar-refractivity contribution in [3.8, 4) is 5.75 Å². The van der Waals surface area contributed by atoms with Crippen molar-refractivity contribution in [3.63, 3.8) is 0 Å². The third-order valence-electron chi connectivity index (χ3n) is 5.78. The second-order valence-corrected chi connectivity index (χ2v) is 8.33. The first-order valence-corrected chi connectivity index (χ1v) is 11.2. The van der Waals surface area contributed by atoms with E-state index < -0.39 is 11.2 Å². The van der Waals surface area contributed by atoms with Crippen LogP contribution in [0.5, 0.6) is 5.75 Å². The zero-order valence-electron chi connectivity index (χ0n) is 20.0. The van der Waals surface area contributed by atoms with Crippen LogP contribution >= 0.6 is 0 Å². The van der Waals surface area contributed by atoms with Gasteiger partial charge in [0.2, 0.25) is 0 Å². The summed E-state index contributed by atoms with van der Waals surface area (Å²) in [4.78, 5) is 30.6. The molecule has 180 valence electrons. The number of rotatable bonds is 8. The standard InChI is InChI=1S/C26H31FN3O4/c1-18(17-20-9-6-5-7-10-20)24(34(4)22-13-11-21(27)12-14-22)28-23-19(2)25(32)30(15-8-16-31)26(33)29(23)3/h5-7,9-14,18,31H,8,15-17H2,1-4H3/q+1. The molecule has 1 unspecified atom stereocenters. The Morgan fingerprint density at radius 2 is 1.76 bits per heavy atom. The summed E-state index contributed by atoms with van der Waals surface area (Å²) < 4.78 is 18.8. The molecule has 2 aromatic carbocycles. The second kappa shape index (κ2) is 11.1. The molecular weight excluding hydrogens is 437 g/mol. The van der Waals surface area contributed by atoms with Crippen LogP contribution in [0.4, 0.5) is 10.2 Å². The minimum atomic E-state index is -0.493. The average molecular weight is 469 g/mol. The van der Waals surface area contributed by atoms with Gasteiger partial charge in [0.1, 0.15) is 5.82 Å². The van der Waals surface area contributed by atoms with Gasteiger partial charge in [-0.2, -0.15) is 4.99 Å². The van der Waals surface area contributed by atoms with Crippen LogP contribution in [0.2, 0.25) is 0 Å². The molecule has 1 atom stereocenters. The normalized spacial score (nSPS) is 12.6. The fourth-order valence-electron chi connectivity index (χ4n) is 3.89. The van der Waals surface area contributed by atoms with Gasteiger partial charge in [-0.15, -0.1) is 0 Å². The predicted octanol–water partition coefficient (Wildman–Crippen LogP) is 3.88. The number of aromatic nitrogens is 2. The number of nitrogens with zero attached hydrogens (tertiary/aromatic N) is 3. The van der Waals surface area contributed by atoms with Gasteiger partial charge in [0.05, 0.1) is 11.5 Å². The Morgan fingerprint density at radius 3 is 2.38 bits per heavy atom. The summed E-state index contributed by atoms with van der Waals surface area (Å²) in [5.41, 5.74) is 0.519. The zero-order valence-corrected chi connectivity index (χ0v) is 20.0. The largest absolute Gasteiger partial charge is 0.526 e. The van der Waals surface area contributed by atoms with Crippen LogP contribution in [0.25, 0.3) is 0 Å². The van der Waals surface area contributed by atoms with E-state index in [4.69, 9.17) is 10.1 Å². The van der Waals surface area contributed by atoms with E-state index in [-0.39, 0.29) is 30.7 Å². The molecule has 0 aliphatic heterocycles. The zero-order chi connectivity index (χ0) is 24.8. The van der Waals surface area contributed by atoms with Crippen LogP contribution in [-0.4, -0.2) is 33.9 Å². The van der Waals surface area contributed by atoms with Crippen LogP contribution < -0.4 is 11.2 Å². The molecule has 0 fully saturated rings. The van der Waals surface area contributed by atoms with Gasteiger partial charge in [0, 0.05) is 32.3 Å². The van der Waals surface area contributed by atoms with Crippen molar-refractivity contribution in [2.24, 2.45) is 18.0 Å². The minimum absolute atomic E-state index is 0.116. The maximum Gasteiger partial charge on any atom is 0.343 e. The van der Waals surface area contributed by atoms with Crippen LogP contribution in [0.1, 0.15) is 24.5 Å². The smallest absolute Gasteiger partial charge is 0.343 e. The van der Waals surface area contributed by atoms with Crippen molar-refractivity contribution >= 4 is 11.7 Å². The van der Waals surface area contributed by atoms with E-state index in [0.717, 1.165) is 10.1 Å². The maximum atomic E-state index is 13.5. The summed E-state index contributed by atoms with van der Waals surface area (Å²) in [6, 6.07) is 15.9. The van der Waals surface area contributed by atoms with Gasteiger partial charge in [-0.3, -0.25) is 13.9 Å². The van der Waals surface area contributed by atoms with E-state index >= 15 is 0 Å². The van der Waals surface area contributed by atoms with Crippen LogP contribution in [0.3, 0.4) is 0 Å². The van der Waals surface area contributed by atoms with E-state index in [2.05, 4.69) is 4.37 Å². The van der Waals surface area contributed by atoms with Crippen molar-refractivity contribution in [2.45, 2.75) is 33.2 Å². The highest BCUT2D eigenvalue weighted by Crippen LogP contribution is 2.29. The highest BCUT2D eigenvalue weighted by Gasteiger charge is 2.27. The molecule has 0 spiro atoms. The van der Waals surface area contributed by atoms with Crippen molar-refractivity contribution in [1.82, 2.24) is 9.13 Å². The van der Waals surface area contributed by atoms with E-state index in [1.807, 2.05) is 37.3 Å². The Hall–Kier alpha value is -3.52. The third-order valence-corrected chi connectivity index (χ3v) is 5.78. The van der Waals surface area contributed by atoms with Crippen LogP contribution in [-0.2, 0) is 24.4 Å². The highest BCUT2D eigenvalue weighted by molar-refractivity contribution is 5.84. The van der Waals surface area contributed by atoms with Crippen LogP contribution in [0.15, 0.2) is 69.2 Å². The molecule has 3 aromatic rings. The van der Waals surface area contributed by atoms with E-state index in [1.54, 1.807) is 33.2 Å². The van der Waals surface area contributed by atoms with Crippen molar-refractivity contribution in [2.75, 3.05) is 13.7 Å². The lowest BCUT2D eigenvalue weighted by atomic mass is 10.0. The number of hydrogen-bond acceptors (Lipinski definition) is 4. The highest BCUT2D eigenvalue weighted by atomic mass is 19.1. The molecular formula is C26H31FN3O4+. The maximum absolute atomic E-state index is 13.5. The minimum Gasteiger partial charge on any atom is -0.526 e. The van der Waals surface area contributed by atoms with Gasteiger partial charge in [-0.25, -0.2) is 9.18 Å². The molecule has 8 heteroatoms. The van der Waals surface area contributed by atoms with Gasteiger partial charge in [-0.05, 0) is 44.4 Å². The first kappa shape index (κ1) is 25.1. The number of benzene rings is 2. The quantitative estimate of drug-likeness (QED) is 0.310. The van der Waals surface area contributed by atoms with Gasteiger partial charge in [0.25, 0.3) is 11.3 Å². The summed E-state index contributed by atoms with van der Waals surface area (Å²) >= 11 is 0. The Bertz CT molecular complexity index is 1230. The molecule has 7 nitrogen and oxygen atoms in total. The number of aliphatic imine (C=N–C) groups is 1. The average Bonchev–Trinajstić information content (AvgIpc) is 2.83. The molecule has 1 heterocycles. The molecule has 0 aliphatic rings. The van der Waals surface area contributed by atoms with E-state index in [0.29, 0.717) is 30.1 Å². The second-order valence-electron chi connectivity index (χ2n) is 8.33. The van der Waals surface area contributed by atoms with Gasteiger partial charge in [-0.1, -0.05) is 30.3 Å². The van der Waals surface area contributed by atoms with Crippen molar-refractivity contribution < 1.29 is 13.9 Å². The lowest BCUT2D eigenvalue weighted by Gasteiger charge is -2.24. The molecule has 34 heavy (non-hydrogen) atoms. The summed E-state index contributed by atoms with van der Waals surface area (Å²) in [5, 5.41) is 9.11. The molecule has 0 radical (unpaired) electrons. The fraction of sp³-hybridized carbons (Fsp3) is 0.346. The predicted molar refractivity (Wildman–Crippen MR) is 132 cm³/mol. The van der Waals surface area contributed by atoms with Gasteiger partial charge in [0.15, 0.2) is 12.9 Å². The summed E-state index contributed by atoms with van der Waals surface area (Å²) in [6.07, 6.45) is 0.971. The van der Waals surface area contributed by atoms with Crippen LogP contribution in [0, 0.1) is 18.7 Å². The molecule has 0 saturated carbocycles. The fourth-order valence-corrected chi connectivity index (χ4v) is 3.89. The monoisotopic (exact) mass is 468 g/mol. The lowest BCUT2D eigenvalue weighted by Crippen LogP contribution is -2.40. The molecule has 0 bridgehead atoms. The Balaban J connectivity index is 2.13.